The number of non-ortho nitro benzene ring substituents is 1. The molecule has 35 heavy (non-hydrogen) atoms. The topological polar surface area (TPSA) is 93.0 Å². The van der Waals surface area contributed by atoms with Crippen molar-refractivity contribution in [2.75, 3.05) is 39.3 Å². The van der Waals surface area contributed by atoms with Crippen LogP contribution in [-0.2, 0) is 9.53 Å². The molecule has 0 atom stereocenters. The molecule has 180 valence electrons. The smallest absolute Gasteiger partial charge is 0.320 e. The number of nitrogens with zero attached hydrogens (tertiary/aromatic N) is 3. The van der Waals surface area contributed by atoms with Crippen molar-refractivity contribution in [3.8, 4) is 0 Å². The Hall–Kier alpha value is -3.88. The van der Waals surface area contributed by atoms with Gasteiger partial charge in [0.05, 0.1) is 17.5 Å². The van der Waals surface area contributed by atoms with Gasteiger partial charge in [0.1, 0.15) is 0 Å². The van der Waals surface area contributed by atoms with E-state index in [0.717, 1.165) is 13.1 Å². The molecule has 1 saturated heterocycles. The van der Waals surface area contributed by atoms with Crippen molar-refractivity contribution in [3.63, 3.8) is 0 Å². The molecule has 8 nitrogen and oxygen atoms in total. The highest BCUT2D eigenvalue weighted by Gasteiger charge is 2.27. The van der Waals surface area contributed by atoms with Crippen molar-refractivity contribution in [2.24, 2.45) is 0 Å². The van der Waals surface area contributed by atoms with Crippen molar-refractivity contribution in [1.82, 2.24) is 9.80 Å². The average Bonchev–Trinajstić information content (AvgIpc) is 2.90. The predicted octanol–water partition coefficient (Wildman–Crippen LogP) is 3.73. The van der Waals surface area contributed by atoms with Crippen LogP contribution in [0.25, 0.3) is 0 Å². The van der Waals surface area contributed by atoms with Gasteiger partial charge in [-0.25, -0.2) is 0 Å². The van der Waals surface area contributed by atoms with Crippen molar-refractivity contribution < 1.29 is 19.2 Å². The van der Waals surface area contributed by atoms with Gasteiger partial charge in [0, 0.05) is 43.9 Å². The fourth-order valence-corrected chi connectivity index (χ4v) is 4.29. The number of ketones is 1. The summed E-state index contributed by atoms with van der Waals surface area (Å²) in [4.78, 5) is 39.2. The van der Waals surface area contributed by atoms with E-state index in [1.165, 1.54) is 35.4 Å². The summed E-state index contributed by atoms with van der Waals surface area (Å²) in [7, 11) is 0. The quantitative estimate of drug-likeness (QED) is 0.202. The first-order chi connectivity index (χ1) is 17.0. The van der Waals surface area contributed by atoms with Crippen LogP contribution in [0.5, 0.6) is 0 Å². The summed E-state index contributed by atoms with van der Waals surface area (Å²) in [6, 6.07) is 26.2. The molecule has 0 aromatic heterocycles. The third kappa shape index (κ3) is 6.38. The number of hydrogen-bond acceptors (Lipinski definition) is 7. The molecule has 3 aromatic carbocycles. The minimum absolute atomic E-state index is 0.0977. The maximum absolute atomic E-state index is 12.3. The Morgan fingerprint density at radius 1 is 0.829 bits per heavy atom. The van der Waals surface area contributed by atoms with Gasteiger partial charge in [0.2, 0.25) is 0 Å². The Bertz CT molecular complexity index is 1100. The fraction of sp³-hybridized carbons (Fsp3) is 0.259. The first kappa shape index (κ1) is 24.3. The maximum atomic E-state index is 12.3. The molecule has 4 rings (SSSR count). The van der Waals surface area contributed by atoms with Crippen LogP contribution in [-0.4, -0.2) is 65.8 Å². The maximum Gasteiger partial charge on any atom is 0.320 e. The average molecular weight is 474 g/mol. The molecule has 0 radical (unpaired) electrons. The minimum Gasteiger partial charge on any atom is -0.456 e. The number of ether oxygens (including phenoxy) is 1. The molecule has 0 bridgehead atoms. The standard InChI is InChI=1S/C27H27N3O5/c31-25(21-11-13-24(14-12-21)30(33)34)20-35-26(32)19-28-15-17-29(18-16-28)27(22-7-3-1-4-8-22)23-9-5-2-6-10-23/h1-14,27H,15-20H2. The van der Waals surface area contributed by atoms with Gasteiger partial charge in [-0.3, -0.25) is 29.5 Å². The van der Waals surface area contributed by atoms with E-state index in [1.807, 2.05) is 17.0 Å². The summed E-state index contributed by atoms with van der Waals surface area (Å²) < 4.78 is 5.17. The van der Waals surface area contributed by atoms with Crippen LogP contribution in [0.1, 0.15) is 27.5 Å². The molecule has 0 unspecified atom stereocenters. The van der Waals surface area contributed by atoms with E-state index < -0.39 is 16.7 Å². The first-order valence-corrected chi connectivity index (χ1v) is 11.5. The Kier molecular flexibility index (Phi) is 7.97. The highest BCUT2D eigenvalue weighted by Crippen LogP contribution is 2.29. The largest absolute Gasteiger partial charge is 0.456 e. The summed E-state index contributed by atoms with van der Waals surface area (Å²) in [5, 5.41) is 10.7. The zero-order valence-corrected chi connectivity index (χ0v) is 19.3. The van der Waals surface area contributed by atoms with E-state index in [4.69, 9.17) is 4.74 Å². The summed E-state index contributed by atoms with van der Waals surface area (Å²) >= 11 is 0. The lowest BCUT2D eigenvalue weighted by Gasteiger charge is -2.39. The number of esters is 1. The molecule has 1 heterocycles. The number of hydrogen-bond donors (Lipinski definition) is 0. The normalized spacial score (nSPS) is 14.5. The molecule has 0 aliphatic carbocycles. The van der Waals surface area contributed by atoms with Crippen molar-refractivity contribution >= 4 is 17.4 Å². The predicted molar refractivity (Wildman–Crippen MR) is 131 cm³/mol. The Morgan fingerprint density at radius 2 is 1.37 bits per heavy atom. The molecule has 0 spiro atoms. The number of nitro benzene ring substituents is 1. The fourth-order valence-electron chi connectivity index (χ4n) is 4.29. The van der Waals surface area contributed by atoms with Gasteiger partial charge in [-0.2, -0.15) is 0 Å². The molecule has 0 amide bonds. The van der Waals surface area contributed by atoms with Gasteiger partial charge in [-0.1, -0.05) is 60.7 Å². The second kappa shape index (κ2) is 11.5. The van der Waals surface area contributed by atoms with Gasteiger partial charge >= 0.3 is 5.97 Å². The SMILES string of the molecule is O=C(CN1CCN(C(c2ccccc2)c2ccccc2)CC1)OCC(=O)c1ccc([N+](=O)[O-])cc1. The van der Waals surface area contributed by atoms with Crippen LogP contribution in [0.15, 0.2) is 84.9 Å². The van der Waals surface area contributed by atoms with Gasteiger partial charge in [0.25, 0.3) is 5.69 Å². The van der Waals surface area contributed by atoms with Crippen molar-refractivity contribution in [2.45, 2.75) is 6.04 Å². The van der Waals surface area contributed by atoms with E-state index in [9.17, 15) is 19.7 Å². The van der Waals surface area contributed by atoms with Crippen molar-refractivity contribution in [1.29, 1.82) is 0 Å². The summed E-state index contributed by atoms with van der Waals surface area (Å²) in [6.07, 6.45) is 0. The van der Waals surface area contributed by atoms with Crippen LogP contribution in [0.2, 0.25) is 0 Å². The number of carbonyl (C=O) groups excluding carboxylic acids is 2. The van der Waals surface area contributed by atoms with Crippen molar-refractivity contribution in [3.05, 3.63) is 112 Å². The number of rotatable bonds is 9. The van der Waals surface area contributed by atoms with Gasteiger partial charge < -0.3 is 4.74 Å². The molecule has 8 heteroatoms. The molecule has 0 N–H and O–H groups in total. The monoisotopic (exact) mass is 473 g/mol. The highest BCUT2D eigenvalue weighted by atomic mass is 16.6. The van der Waals surface area contributed by atoms with Crippen LogP contribution in [0, 0.1) is 10.1 Å². The highest BCUT2D eigenvalue weighted by molar-refractivity contribution is 5.98. The van der Waals surface area contributed by atoms with E-state index in [0.29, 0.717) is 13.1 Å². The van der Waals surface area contributed by atoms with Gasteiger partial charge in [-0.05, 0) is 23.3 Å². The second-order valence-electron chi connectivity index (χ2n) is 8.42. The molecule has 1 fully saturated rings. The Balaban J connectivity index is 1.28. The van der Waals surface area contributed by atoms with E-state index in [1.54, 1.807) is 0 Å². The number of nitro groups is 1. The van der Waals surface area contributed by atoms with Gasteiger partial charge in [-0.15, -0.1) is 0 Å². The van der Waals surface area contributed by atoms with Crippen LogP contribution in [0.4, 0.5) is 5.69 Å². The van der Waals surface area contributed by atoms with E-state index in [-0.39, 0.29) is 30.4 Å². The number of piperazine rings is 1. The number of Topliss-reactive ketones (excluding diaryl/α,β-unsaturated/α-hetero) is 1. The Morgan fingerprint density at radius 3 is 1.89 bits per heavy atom. The lowest BCUT2D eigenvalue weighted by molar-refractivity contribution is -0.384. The first-order valence-electron chi connectivity index (χ1n) is 11.5. The second-order valence-corrected chi connectivity index (χ2v) is 8.42. The zero-order chi connectivity index (χ0) is 24.6. The minimum atomic E-state index is -0.532. The van der Waals surface area contributed by atoms with Crippen LogP contribution in [0.3, 0.4) is 0 Å². The molecule has 0 saturated carbocycles. The molecule has 3 aromatic rings. The lowest BCUT2D eigenvalue weighted by atomic mass is 9.96. The van der Waals surface area contributed by atoms with Crippen LogP contribution >= 0.6 is 0 Å². The summed E-state index contributed by atoms with van der Waals surface area (Å²) in [6.45, 7) is 2.74. The molecule has 1 aliphatic heterocycles. The summed E-state index contributed by atoms with van der Waals surface area (Å²) in [5.41, 5.74) is 2.64. The molecular weight excluding hydrogens is 446 g/mol. The van der Waals surface area contributed by atoms with Crippen LogP contribution < -0.4 is 0 Å². The molecule has 1 aliphatic rings. The van der Waals surface area contributed by atoms with Gasteiger partial charge in [0.15, 0.2) is 12.4 Å². The number of benzene rings is 3. The van der Waals surface area contributed by atoms with E-state index in [2.05, 4.69) is 53.4 Å². The molecular formula is C27H27N3O5. The zero-order valence-electron chi connectivity index (χ0n) is 19.3. The third-order valence-corrected chi connectivity index (χ3v) is 6.12. The summed E-state index contributed by atoms with van der Waals surface area (Å²) in [5.74, 6) is -0.858. The third-order valence-electron chi connectivity index (χ3n) is 6.12. The van der Waals surface area contributed by atoms with E-state index >= 15 is 0 Å². The number of carbonyl (C=O) groups is 2. The Labute approximate surface area is 203 Å². The lowest BCUT2D eigenvalue weighted by Crippen LogP contribution is -2.49.